The molecule has 0 bridgehead atoms. The molecule has 0 saturated heterocycles. The second kappa shape index (κ2) is 8.12. The van der Waals surface area contributed by atoms with Gasteiger partial charge in [-0.3, -0.25) is 0 Å². The summed E-state index contributed by atoms with van der Waals surface area (Å²) < 4.78 is 12.1. The van der Waals surface area contributed by atoms with Crippen molar-refractivity contribution in [2.24, 2.45) is 0 Å². The maximum atomic E-state index is 6.06. The van der Waals surface area contributed by atoms with Crippen LogP contribution in [0.25, 0.3) is 11.1 Å². The molecule has 0 aromatic heterocycles. The summed E-state index contributed by atoms with van der Waals surface area (Å²) in [6, 6.07) is 23.5. The number of allylic oxidation sites excluding steroid dienone is 3. The van der Waals surface area contributed by atoms with E-state index in [1.165, 1.54) is 33.6 Å². The highest BCUT2D eigenvalue weighted by Crippen LogP contribution is 2.35. The van der Waals surface area contributed by atoms with Crippen LogP contribution in [0, 0.1) is 0 Å². The molecule has 160 valence electrons. The lowest BCUT2D eigenvalue weighted by molar-refractivity contribution is 0.131. The lowest BCUT2D eigenvalue weighted by Gasteiger charge is -2.32. The van der Waals surface area contributed by atoms with Crippen molar-refractivity contribution < 1.29 is 9.47 Å². The summed E-state index contributed by atoms with van der Waals surface area (Å²) in [7, 11) is 0. The van der Waals surface area contributed by atoms with Gasteiger partial charge in [-0.25, -0.2) is 0 Å². The molecule has 32 heavy (non-hydrogen) atoms. The molecule has 0 saturated carbocycles. The Bertz CT molecular complexity index is 1200. The molecule has 0 radical (unpaired) electrons. The maximum absolute atomic E-state index is 6.06. The predicted octanol–water partition coefficient (Wildman–Crippen LogP) is 6.10. The number of para-hydroxylation sites is 1. The Labute approximate surface area is 189 Å². The molecule has 0 N–H and O–H groups in total. The monoisotopic (exact) mass is 422 g/mol. The Morgan fingerprint density at radius 1 is 0.656 bits per heavy atom. The molecule has 0 spiro atoms. The number of anilines is 1. The average molecular weight is 423 g/mol. The quantitative estimate of drug-likeness (QED) is 0.509. The number of ether oxygens (including phenoxy) is 2. The van der Waals surface area contributed by atoms with Crippen LogP contribution < -0.4 is 14.4 Å². The summed E-state index contributed by atoms with van der Waals surface area (Å²) >= 11 is 0. The highest BCUT2D eigenvalue weighted by Gasteiger charge is 2.21. The van der Waals surface area contributed by atoms with Crippen molar-refractivity contribution in [1.82, 2.24) is 4.90 Å². The second-order valence-electron chi connectivity index (χ2n) is 8.53. The fourth-order valence-electron chi connectivity index (χ4n) is 4.65. The Kier molecular flexibility index (Phi) is 4.83. The van der Waals surface area contributed by atoms with Crippen molar-refractivity contribution in [2.45, 2.75) is 25.9 Å². The van der Waals surface area contributed by atoms with E-state index in [0.29, 0.717) is 13.5 Å². The standard InChI is InChI=1S/C28H26N2O2/c1-3-7-25(8-4-1)29-17-23-15-21(11-13-27(23)31-19-29)22-12-14-28-24(16-22)18-30(20-32-28)26-9-5-2-6-10-26/h1,3-5,7-16H,2,6,17-20H2. The normalized spacial score (nSPS) is 17.1. The van der Waals surface area contributed by atoms with E-state index in [9.17, 15) is 0 Å². The molecule has 3 aromatic carbocycles. The summed E-state index contributed by atoms with van der Waals surface area (Å²) in [6.45, 7) is 2.89. The van der Waals surface area contributed by atoms with E-state index in [4.69, 9.17) is 9.47 Å². The zero-order chi connectivity index (χ0) is 21.3. The Balaban J connectivity index is 1.26. The molecule has 2 heterocycles. The summed E-state index contributed by atoms with van der Waals surface area (Å²) in [5, 5.41) is 0. The Hall–Kier alpha value is -3.66. The summed E-state index contributed by atoms with van der Waals surface area (Å²) in [5.41, 5.74) is 7.31. The minimum absolute atomic E-state index is 0.576. The van der Waals surface area contributed by atoms with Gasteiger partial charge in [0.15, 0.2) is 13.5 Å². The highest BCUT2D eigenvalue weighted by molar-refractivity contribution is 5.68. The van der Waals surface area contributed by atoms with Gasteiger partial charge < -0.3 is 19.3 Å². The van der Waals surface area contributed by atoms with E-state index in [1.807, 2.05) is 6.07 Å². The van der Waals surface area contributed by atoms with E-state index in [0.717, 1.165) is 37.4 Å². The van der Waals surface area contributed by atoms with Gasteiger partial charge in [0, 0.05) is 35.6 Å². The molecular weight excluding hydrogens is 396 g/mol. The molecule has 6 rings (SSSR count). The summed E-state index contributed by atoms with van der Waals surface area (Å²) in [5.74, 6) is 1.96. The van der Waals surface area contributed by atoms with Gasteiger partial charge in [-0.2, -0.15) is 0 Å². The van der Waals surface area contributed by atoms with Gasteiger partial charge in [0.2, 0.25) is 0 Å². The number of fused-ring (bicyclic) bond motifs is 2. The molecule has 3 aromatic rings. The van der Waals surface area contributed by atoms with E-state index >= 15 is 0 Å². The van der Waals surface area contributed by atoms with Crippen molar-refractivity contribution >= 4 is 5.69 Å². The molecule has 0 fully saturated rings. The topological polar surface area (TPSA) is 24.9 Å². The van der Waals surface area contributed by atoms with Crippen LogP contribution in [-0.2, 0) is 13.1 Å². The smallest absolute Gasteiger partial charge is 0.161 e. The second-order valence-corrected chi connectivity index (χ2v) is 8.53. The predicted molar refractivity (Wildman–Crippen MR) is 127 cm³/mol. The van der Waals surface area contributed by atoms with Crippen LogP contribution in [0.3, 0.4) is 0 Å². The first-order valence-electron chi connectivity index (χ1n) is 11.3. The Morgan fingerprint density at radius 3 is 1.97 bits per heavy atom. The van der Waals surface area contributed by atoms with Crippen molar-refractivity contribution in [3.63, 3.8) is 0 Å². The summed E-state index contributed by atoms with van der Waals surface area (Å²) in [4.78, 5) is 4.57. The van der Waals surface area contributed by atoms with Crippen LogP contribution in [-0.4, -0.2) is 18.4 Å². The lowest BCUT2D eigenvalue weighted by Crippen LogP contribution is -2.31. The van der Waals surface area contributed by atoms with E-state index in [2.05, 4.69) is 88.7 Å². The zero-order valence-corrected chi connectivity index (χ0v) is 18.0. The maximum Gasteiger partial charge on any atom is 0.161 e. The lowest BCUT2D eigenvalue weighted by atomic mass is 9.98. The molecule has 2 aliphatic heterocycles. The van der Waals surface area contributed by atoms with Crippen molar-refractivity contribution in [3.8, 4) is 22.6 Å². The van der Waals surface area contributed by atoms with Crippen LogP contribution in [0.15, 0.2) is 90.7 Å². The first-order valence-corrected chi connectivity index (χ1v) is 11.3. The molecule has 0 atom stereocenters. The highest BCUT2D eigenvalue weighted by atomic mass is 16.5. The van der Waals surface area contributed by atoms with Gasteiger partial charge >= 0.3 is 0 Å². The van der Waals surface area contributed by atoms with Gasteiger partial charge in [-0.15, -0.1) is 0 Å². The molecule has 0 amide bonds. The number of nitrogens with zero attached hydrogens (tertiary/aromatic N) is 2. The first kappa shape index (κ1) is 19.1. The minimum Gasteiger partial charge on any atom is -0.473 e. The van der Waals surface area contributed by atoms with Crippen molar-refractivity contribution in [1.29, 1.82) is 0 Å². The van der Waals surface area contributed by atoms with Gasteiger partial charge in [0.25, 0.3) is 0 Å². The van der Waals surface area contributed by atoms with Gasteiger partial charge in [0.05, 0.1) is 0 Å². The van der Waals surface area contributed by atoms with Gasteiger partial charge in [0.1, 0.15) is 11.5 Å². The fourth-order valence-corrected chi connectivity index (χ4v) is 4.65. The van der Waals surface area contributed by atoms with Crippen LogP contribution in [0.1, 0.15) is 24.0 Å². The van der Waals surface area contributed by atoms with Crippen LogP contribution in [0.5, 0.6) is 11.5 Å². The van der Waals surface area contributed by atoms with E-state index < -0.39 is 0 Å². The molecular formula is C28H26N2O2. The molecule has 4 nitrogen and oxygen atoms in total. The van der Waals surface area contributed by atoms with E-state index in [-0.39, 0.29) is 0 Å². The zero-order valence-electron chi connectivity index (χ0n) is 18.0. The third-order valence-corrected chi connectivity index (χ3v) is 6.39. The molecule has 4 heteroatoms. The number of rotatable bonds is 3. The molecule has 1 aliphatic carbocycles. The number of hydrogen-bond donors (Lipinski definition) is 0. The largest absolute Gasteiger partial charge is 0.473 e. The van der Waals surface area contributed by atoms with E-state index in [1.54, 1.807) is 0 Å². The number of hydrogen-bond acceptors (Lipinski definition) is 4. The van der Waals surface area contributed by atoms with Gasteiger partial charge in [-0.1, -0.05) is 42.5 Å². The van der Waals surface area contributed by atoms with Crippen molar-refractivity contribution in [3.05, 3.63) is 102 Å². The summed E-state index contributed by atoms with van der Waals surface area (Å²) in [6.07, 6.45) is 8.99. The Morgan fingerprint density at radius 2 is 1.31 bits per heavy atom. The third kappa shape index (κ3) is 3.62. The van der Waals surface area contributed by atoms with Crippen LogP contribution in [0.2, 0.25) is 0 Å². The molecule has 0 unspecified atom stereocenters. The van der Waals surface area contributed by atoms with Gasteiger partial charge in [-0.05, 0) is 66.4 Å². The van der Waals surface area contributed by atoms with Crippen LogP contribution in [0.4, 0.5) is 5.69 Å². The molecule has 3 aliphatic rings. The number of benzene rings is 3. The van der Waals surface area contributed by atoms with Crippen LogP contribution >= 0.6 is 0 Å². The first-order chi connectivity index (χ1) is 15.8. The SMILES string of the molecule is C1=CC(N2COc3ccc(-c4ccc5c(c4)CN(c4ccccc4)CO5)cc3C2)=CCC1. The fraction of sp³-hybridized carbons (Fsp3) is 0.214. The van der Waals surface area contributed by atoms with Crippen molar-refractivity contribution in [2.75, 3.05) is 18.4 Å². The average Bonchev–Trinajstić information content (AvgIpc) is 2.88. The minimum atomic E-state index is 0.576. The third-order valence-electron chi connectivity index (χ3n) is 6.39.